The lowest BCUT2D eigenvalue weighted by atomic mass is 10.1. The Kier molecular flexibility index (Phi) is 8.24. The van der Waals surface area contributed by atoms with Gasteiger partial charge in [-0.2, -0.15) is 0 Å². The van der Waals surface area contributed by atoms with Crippen LogP contribution in [0.25, 0.3) is 0 Å². The fourth-order valence-electron chi connectivity index (χ4n) is 2.92. The first-order valence-electron chi connectivity index (χ1n) is 9.63. The first-order chi connectivity index (χ1) is 13.3. The molecule has 0 spiro atoms. The zero-order valence-corrected chi connectivity index (χ0v) is 18.6. The van der Waals surface area contributed by atoms with Crippen LogP contribution in [0.3, 0.4) is 0 Å². The van der Waals surface area contributed by atoms with Gasteiger partial charge in [0.05, 0.1) is 6.42 Å². The average molecular weight is 445 g/mol. The van der Waals surface area contributed by atoms with Crippen LogP contribution in [0.4, 0.5) is 0 Å². The largest absolute Gasteiger partial charge is 0.354 e. The number of nitrogens with zero attached hydrogens (tertiary/aromatic N) is 1. The molecule has 0 saturated heterocycles. The molecule has 0 unspecified atom stereocenters. The number of carbonyl (C=O) groups is 2. The lowest BCUT2D eigenvalue weighted by Gasteiger charge is -2.29. The molecule has 0 saturated carbocycles. The third-order valence-electron chi connectivity index (χ3n) is 4.56. The van der Waals surface area contributed by atoms with Crippen molar-refractivity contribution in [2.24, 2.45) is 5.92 Å². The summed E-state index contributed by atoms with van der Waals surface area (Å²) in [5.74, 6) is 0.184. The molecule has 1 atom stereocenters. The Bertz CT molecular complexity index is 803. The predicted molar refractivity (Wildman–Crippen MR) is 117 cm³/mol. The summed E-state index contributed by atoms with van der Waals surface area (Å²) >= 11 is 3.43. The average Bonchev–Trinajstić information content (AvgIpc) is 2.65. The zero-order chi connectivity index (χ0) is 20.7. The fraction of sp³-hybridized carbons (Fsp3) is 0.391. The molecular weight excluding hydrogens is 416 g/mol. The molecular formula is C23H29BrN2O2. The SMILES string of the molecule is Cc1cccc(CC(=O)N(Cc2ccc(Br)cc2)[C@@H](C)C(=O)NCC(C)C)c1. The lowest BCUT2D eigenvalue weighted by Crippen LogP contribution is -2.48. The van der Waals surface area contributed by atoms with Crippen LogP contribution in [0.15, 0.2) is 53.0 Å². The van der Waals surface area contributed by atoms with Gasteiger partial charge in [-0.3, -0.25) is 9.59 Å². The number of amides is 2. The minimum atomic E-state index is -0.542. The number of carbonyl (C=O) groups excluding carboxylic acids is 2. The molecule has 0 radical (unpaired) electrons. The third-order valence-corrected chi connectivity index (χ3v) is 5.08. The van der Waals surface area contributed by atoms with Gasteiger partial charge in [-0.25, -0.2) is 0 Å². The first kappa shape index (κ1) is 22.2. The number of benzene rings is 2. The number of nitrogens with one attached hydrogen (secondary N) is 1. The van der Waals surface area contributed by atoms with Gasteiger partial charge in [-0.15, -0.1) is 0 Å². The summed E-state index contributed by atoms with van der Waals surface area (Å²) in [5, 5.41) is 2.94. The highest BCUT2D eigenvalue weighted by Crippen LogP contribution is 2.16. The monoisotopic (exact) mass is 444 g/mol. The van der Waals surface area contributed by atoms with E-state index in [9.17, 15) is 9.59 Å². The molecule has 2 amide bonds. The Morgan fingerprint density at radius 1 is 1.04 bits per heavy atom. The molecule has 0 aliphatic carbocycles. The molecule has 0 aromatic heterocycles. The number of hydrogen-bond donors (Lipinski definition) is 1. The van der Waals surface area contributed by atoms with Crippen molar-refractivity contribution in [2.75, 3.05) is 6.54 Å². The van der Waals surface area contributed by atoms with Crippen LogP contribution < -0.4 is 5.32 Å². The van der Waals surface area contributed by atoms with E-state index < -0.39 is 6.04 Å². The van der Waals surface area contributed by atoms with Crippen LogP contribution in [-0.2, 0) is 22.6 Å². The second kappa shape index (κ2) is 10.4. The zero-order valence-electron chi connectivity index (χ0n) is 17.0. The third kappa shape index (κ3) is 6.79. The van der Waals surface area contributed by atoms with Gasteiger partial charge >= 0.3 is 0 Å². The van der Waals surface area contributed by atoms with Crippen molar-refractivity contribution < 1.29 is 9.59 Å². The Hall–Kier alpha value is -2.14. The highest BCUT2D eigenvalue weighted by molar-refractivity contribution is 9.10. The van der Waals surface area contributed by atoms with E-state index in [-0.39, 0.29) is 18.2 Å². The van der Waals surface area contributed by atoms with Crippen molar-refractivity contribution in [3.63, 3.8) is 0 Å². The molecule has 5 heteroatoms. The smallest absolute Gasteiger partial charge is 0.242 e. The maximum Gasteiger partial charge on any atom is 0.242 e. The van der Waals surface area contributed by atoms with Gasteiger partial charge < -0.3 is 10.2 Å². The molecule has 1 N–H and O–H groups in total. The number of aryl methyl sites for hydroxylation is 1. The van der Waals surface area contributed by atoms with E-state index in [2.05, 4.69) is 21.2 Å². The fourth-order valence-corrected chi connectivity index (χ4v) is 3.18. The van der Waals surface area contributed by atoms with Gasteiger partial charge in [0.15, 0.2) is 0 Å². The predicted octanol–water partition coefficient (Wildman–Crippen LogP) is 4.49. The van der Waals surface area contributed by atoms with Crippen LogP contribution in [0.2, 0.25) is 0 Å². The number of halogens is 1. The molecule has 28 heavy (non-hydrogen) atoms. The molecule has 0 fully saturated rings. The Morgan fingerprint density at radius 3 is 2.32 bits per heavy atom. The molecule has 2 aromatic rings. The van der Waals surface area contributed by atoms with E-state index >= 15 is 0 Å². The van der Waals surface area contributed by atoms with Gasteiger partial charge in [0.2, 0.25) is 11.8 Å². The Labute approximate surface area is 176 Å². The minimum absolute atomic E-state index is 0.0549. The van der Waals surface area contributed by atoms with Gasteiger partial charge in [0.25, 0.3) is 0 Å². The number of hydrogen-bond acceptors (Lipinski definition) is 2. The molecule has 0 aliphatic heterocycles. The van der Waals surface area contributed by atoms with Crippen LogP contribution in [0.5, 0.6) is 0 Å². The summed E-state index contributed by atoms with van der Waals surface area (Å²) in [6, 6.07) is 15.2. The van der Waals surface area contributed by atoms with E-state index in [0.717, 1.165) is 21.2 Å². The van der Waals surface area contributed by atoms with Crippen LogP contribution >= 0.6 is 15.9 Å². The van der Waals surface area contributed by atoms with Gasteiger partial charge in [-0.05, 0) is 43.0 Å². The van der Waals surface area contributed by atoms with Gasteiger partial charge in [0.1, 0.15) is 6.04 Å². The Morgan fingerprint density at radius 2 is 1.71 bits per heavy atom. The normalized spacial score (nSPS) is 11.9. The second-order valence-corrected chi connectivity index (χ2v) is 8.54. The molecule has 0 heterocycles. The maximum absolute atomic E-state index is 13.1. The summed E-state index contributed by atoms with van der Waals surface area (Å²) in [6.45, 7) is 8.90. The van der Waals surface area contributed by atoms with E-state index in [1.54, 1.807) is 11.8 Å². The van der Waals surface area contributed by atoms with Crippen molar-refractivity contribution in [2.45, 2.75) is 46.7 Å². The topological polar surface area (TPSA) is 49.4 Å². The molecule has 0 aliphatic rings. The van der Waals surface area contributed by atoms with Crippen molar-refractivity contribution in [1.29, 1.82) is 0 Å². The molecule has 150 valence electrons. The lowest BCUT2D eigenvalue weighted by molar-refractivity contribution is -0.140. The maximum atomic E-state index is 13.1. The summed E-state index contributed by atoms with van der Waals surface area (Å²) in [5.41, 5.74) is 3.07. The van der Waals surface area contributed by atoms with E-state index in [4.69, 9.17) is 0 Å². The second-order valence-electron chi connectivity index (χ2n) is 7.63. The molecule has 2 rings (SSSR count). The minimum Gasteiger partial charge on any atom is -0.354 e. The summed E-state index contributed by atoms with van der Waals surface area (Å²) < 4.78 is 0.983. The summed E-state index contributed by atoms with van der Waals surface area (Å²) in [6.07, 6.45) is 0.278. The van der Waals surface area contributed by atoms with Gasteiger partial charge in [-0.1, -0.05) is 71.7 Å². The van der Waals surface area contributed by atoms with Crippen LogP contribution in [0.1, 0.15) is 37.5 Å². The van der Waals surface area contributed by atoms with E-state index in [1.807, 2.05) is 69.3 Å². The quantitative estimate of drug-likeness (QED) is 0.651. The molecule has 0 bridgehead atoms. The highest BCUT2D eigenvalue weighted by Gasteiger charge is 2.26. The summed E-state index contributed by atoms with van der Waals surface area (Å²) in [4.78, 5) is 27.4. The van der Waals surface area contributed by atoms with E-state index in [1.165, 1.54) is 0 Å². The Balaban J connectivity index is 2.19. The number of rotatable bonds is 8. The highest BCUT2D eigenvalue weighted by atomic mass is 79.9. The van der Waals surface area contributed by atoms with Crippen molar-refractivity contribution in [1.82, 2.24) is 10.2 Å². The molecule has 4 nitrogen and oxygen atoms in total. The molecule has 2 aromatic carbocycles. The van der Waals surface area contributed by atoms with Crippen molar-refractivity contribution in [3.8, 4) is 0 Å². The van der Waals surface area contributed by atoms with Crippen LogP contribution in [-0.4, -0.2) is 29.3 Å². The van der Waals surface area contributed by atoms with Crippen LogP contribution in [0, 0.1) is 12.8 Å². The van der Waals surface area contributed by atoms with E-state index in [0.29, 0.717) is 19.0 Å². The van der Waals surface area contributed by atoms with Crippen molar-refractivity contribution >= 4 is 27.7 Å². The standard InChI is InChI=1S/C23H29BrN2O2/c1-16(2)14-25-23(28)18(4)26(15-19-8-10-21(24)11-9-19)22(27)13-20-7-5-6-17(3)12-20/h5-12,16,18H,13-15H2,1-4H3,(H,25,28)/t18-/m0/s1. The van der Waals surface area contributed by atoms with Crippen molar-refractivity contribution in [3.05, 3.63) is 69.7 Å². The van der Waals surface area contributed by atoms with Gasteiger partial charge in [0, 0.05) is 17.6 Å². The summed E-state index contributed by atoms with van der Waals surface area (Å²) in [7, 11) is 0. The first-order valence-corrected chi connectivity index (χ1v) is 10.4.